The van der Waals surface area contributed by atoms with Crippen molar-refractivity contribution in [2.45, 2.75) is 51.2 Å². The number of rotatable bonds is 2. The maximum absolute atomic E-state index is 11.8. The highest BCUT2D eigenvalue weighted by Gasteiger charge is 2.61. The molecule has 7 nitrogen and oxygen atoms in total. The summed E-state index contributed by atoms with van der Waals surface area (Å²) in [5.41, 5.74) is 0.146. The van der Waals surface area contributed by atoms with Gasteiger partial charge in [0.15, 0.2) is 24.3 Å². The Balaban J connectivity index is 1.79. The SMILES string of the molecule is CCOC(=O)/C=C1/C(=O)OC2C1OC1OC(C)(C)OC12. The monoisotopic (exact) mass is 284 g/mol. The quantitative estimate of drug-likeness (QED) is 0.532. The van der Waals surface area contributed by atoms with E-state index in [1.54, 1.807) is 20.8 Å². The molecule has 0 aromatic carbocycles. The molecule has 0 N–H and O–H groups in total. The first kappa shape index (κ1) is 13.5. The summed E-state index contributed by atoms with van der Waals surface area (Å²) in [7, 11) is 0. The summed E-state index contributed by atoms with van der Waals surface area (Å²) in [6, 6.07) is 0. The van der Waals surface area contributed by atoms with E-state index in [4.69, 9.17) is 23.7 Å². The van der Waals surface area contributed by atoms with Gasteiger partial charge in [0.1, 0.15) is 6.10 Å². The lowest BCUT2D eigenvalue weighted by Crippen LogP contribution is -2.32. The number of esters is 2. The highest BCUT2D eigenvalue weighted by atomic mass is 16.8. The topological polar surface area (TPSA) is 80.3 Å². The average molecular weight is 284 g/mol. The zero-order chi connectivity index (χ0) is 14.5. The fourth-order valence-corrected chi connectivity index (χ4v) is 2.62. The first-order valence-electron chi connectivity index (χ1n) is 6.52. The molecule has 3 aliphatic heterocycles. The van der Waals surface area contributed by atoms with Crippen molar-refractivity contribution in [3.05, 3.63) is 11.6 Å². The van der Waals surface area contributed by atoms with Crippen molar-refractivity contribution in [1.82, 2.24) is 0 Å². The number of hydrogen-bond acceptors (Lipinski definition) is 7. The van der Waals surface area contributed by atoms with E-state index in [9.17, 15) is 9.59 Å². The van der Waals surface area contributed by atoms with Gasteiger partial charge in [-0.05, 0) is 20.8 Å². The molecule has 0 spiro atoms. The van der Waals surface area contributed by atoms with Crippen molar-refractivity contribution in [2.75, 3.05) is 6.61 Å². The van der Waals surface area contributed by atoms with Crippen LogP contribution >= 0.6 is 0 Å². The lowest BCUT2D eigenvalue weighted by molar-refractivity contribution is -0.207. The van der Waals surface area contributed by atoms with Gasteiger partial charge < -0.3 is 23.7 Å². The predicted molar refractivity (Wildman–Crippen MR) is 63.3 cm³/mol. The maximum Gasteiger partial charge on any atom is 0.337 e. The van der Waals surface area contributed by atoms with Gasteiger partial charge in [-0.15, -0.1) is 0 Å². The van der Waals surface area contributed by atoms with Gasteiger partial charge in [-0.25, -0.2) is 9.59 Å². The van der Waals surface area contributed by atoms with E-state index in [-0.39, 0.29) is 12.2 Å². The Morgan fingerprint density at radius 2 is 2.10 bits per heavy atom. The van der Waals surface area contributed by atoms with Crippen molar-refractivity contribution in [3.63, 3.8) is 0 Å². The van der Waals surface area contributed by atoms with Crippen LogP contribution in [0.5, 0.6) is 0 Å². The van der Waals surface area contributed by atoms with Crippen LogP contribution in [-0.2, 0) is 33.3 Å². The molecule has 110 valence electrons. The highest BCUT2D eigenvalue weighted by molar-refractivity contribution is 5.99. The molecule has 3 rings (SSSR count). The van der Waals surface area contributed by atoms with E-state index >= 15 is 0 Å². The Morgan fingerprint density at radius 3 is 2.80 bits per heavy atom. The van der Waals surface area contributed by atoms with Crippen LogP contribution in [0.2, 0.25) is 0 Å². The first-order chi connectivity index (χ1) is 9.41. The minimum absolute atomic E-state index is 0.146. The summed E-state index contributed by atoms with van der Waals surface area (Å²) in [5.74, 6) is -1.96. The summed E-state index contributed by atoms with van der Waals surface area (Å²) in [4.78, 5) is 23.3. The third-order valence-electron chi connectivity index (χ3n) is 3.34. The van der Waals surface area contributed by atoms with Crippen molar-refractivity contribution in [1.29, 1.82) is 0 Å². The van der Waals surface area contributed by atoms with Crippen LogP contribution in [0.4, 0.5) is 0 Å². The third kappa shape index (κ3) is 2.11. The van der Waals surface area contributed by atoms with Gasteiger partial charge in [0.2, 0.25) is 0 Å². The second kappa shape index (κ2) is 4.54. The van der Waals surface area contributed by atoms with Gasteiger partial charge in [-0.2, -0.15) is 0 Å². The van der Waals surface area contributed by atoms with Crippen molar-refractivity contribution in [3.8, 4) is 0 Å². The van der Waals surface area contributed by atoms with E-state index in [1.807, 2.05) is 0 Å². The molecule has 0 aliphatic carbocycles. The summed E-state index contributed by atoms with van der Waals surface area (Å²) >= 11 is 0. The van der Waals surface area contributed by atoms with E-state index in [0.29, 0.717) is 0 Å². The van der Waals surface area contributed by atoms with Crippen LogP contribution in [-0.4, -0.2) is 48.9 Å². The molecule has 0 amide bonds. The lowest BCUT2D eigenvalue weighted by Gasteiger charge is -2.20. The highest BCUT2D eigenvalue weighted by Crippen LogP contribution is 2.43. The second-order valence-corrected chi connectivity index (χ2v) is 5.25. The molecule has 3 fully saturated rings. The molecular weight excluding hydrogens is 268 g/mol. The smallest absolute Gasteiger partial charge is 0.337 e. The molecule has 0 aromatic heterocycles. The second-order valence-electron chi connectivity index (χ2n) is 5.25. The molecule has 0 saturated carbocycles. The Hall–Kier alpha value is -1.44. The maximum atomic E-state index is 11.8. The van der Waals surface area contributed by atoms with Crippen LogP contribution in [0.1, 0.15) is 20.8 Å². The predicted octanol–water partition coefficient (Wildman–Crippen LogP) is 0.278. The van der Waals surface area contributed by atoms with Gasteiger partial charge in [-0.1, -0.05) is 0 Å². The lowest BCUT2D eigenvalue weighted by atomic mass is 10.1. The average Bonchev–Trinajstić information content (AvgIpc) is 2.89. The summed E-state index contributed by atoms with van der Waals surface area (Å²) in [6.45, 7) is 5.44. The number of carbonyl (C=O) groups excluding carboxylic acids is 2. The molecule has 0 aromatic rings. The molecule has 4 atom stereocenters. The zero-order valence-electron chi connectivity index (χ0n) is 11.5. The van der Waals surface area contributed by atoms with Crippen LogP contribution in [0.3, 0.4) is 0 Å². The number of hydrogen-bond donors (Lipinski definition) is 0. The molecule has 4 unspecified atom stereocenters. The minimum atomic E-state index is -0.777. The molecule has 0 bridgehead atoms. The summed E-state index contributed by atoms with van der Waals surface area (Å²) in [6.07, 6.45) is -1.21. The van der Waals surface area contributed by atoms with Crippen molar-refractivity contribution >= 4 is 11.9 Å². The minimum Gasteiger partial charge on any atom is -0.463 e. The van der Waals surface area contributed by atoms with E-state index < -0.39 is 42.3 Å². The van der Waals surface area contributed by atoms with Gasteiger partial charge in [0.05, 0.1) is 12.2 Å². The summed E-state index contributed by atoms with van der Waals surface area (Å²) < 4.78 is 26.9. The fourth-order valence-electron chi connectivity index (χ4n) is 2.62. The molecule has 0 radical (unpaired) electrons. The van der Waals surface area contributed by atoms with Gasteiger partial charge >= 0.3 is 11.9 Å². The van der Waals surface area contributed by atoms with Crippen LogP contribution in [0, 0.1) is 0 Å². The normalized spacial score (nSPS) is 39.5. The molecule has 3 heterocycles. The number of fused-ring (bicyclic) bond motifs is 3. The van der Waals surface area contributed by atoms with Gasteiger partial charge in [0.25, 0.3) is 0 Å². The fraction of sp³-hybridized carbons (Fsp3) is 0.692. The Labute approximate surface area is 115 Å². The standard InChI is InChI=1S/C13H16O7/c1-4-16-7(14)5-6-8-9(17-11(6)15)10-12(18-8)20-13(2,3)19-10/h5,8-10,12H,4H2,1-3H3/b6-5+. The Bertz CT molecular complexity index is 481. The van der Waals surface area contributed by atoms with Crippen LogP contribution in [0.25, 0.3) is 0 Å². The van der Waals surface area contributed by atoms with E-state index in [1.165, 1.54) is 0 Å². The van der Waals surface area contributed by atoms with Gasteiger partial charge in [0, 0.05) is 6.08 Å². The van der Waals surface area contributed by atoms with Gasteiger partial charge in [-0.3, -0.25) is 0 Å². The third-order valence-corrected chi connectivity index (χ3v) is 3.34. The molecule has 3 aliphatic rings. The van der Waals surface area contributed by atoms with E-state index in [2.05, 4.69) is 0 Å². The molecule has 20 heavy (non-hydrogen) atoms. The van der Waals surface area contributed by atoms with Crippen LogP contribution < -0.4 is 0 Å². The zero-order valence-corrected chi connectivity index (χ0v) is 11.5. The first-order valence-corrected chi connectivity index (χ1v) is 6.52. The molecule has 3 saturated heterocycles. The Kier molecular flexibility index (Phi) is 3.07. The largest absolute Gasteiger partial charge is 0.463 e. The Morgan fingerprint density at radius 1 is 1.35 bits per heavy atom. The molecule has 7 heteroatoms. The van der Waals surface area contributed by atoms with E-state index in [0.717, 1.165) is 6.08 Å². The van der Waals surface area contributed by atoms with Crippen molar-refractivity contribution in [2.24, 2.45) is 0 Å². The summed E-state index contributed by atoms with van der Waals surface area (Å²) in [5, 5.41) is 0. The number of carbonyl (C=O) groups is 2. The van der Waals surface area contributed by atoms with Crippen LogP contribution in [0.15, 0.2) is 11.6 Å². The molecular formula is C13H16O7. The van der Waals surface area contributed by atoms with Crippen molar-refractivity contribution < 1.29 is 33.3 Å². The number of ether oxygens (including phenoxy) is 5.